The SMILES string of the molecule is CCCCNC(=O)COc1cc(C(C)C)sc1C(=O)O. The molecule has 0 aliphatic rings. The molecule has 0 bridgehead atoms. The zero-order valence-corrected chi connectivity index (χ0v) is 12.9. The lowest BCUT2D eigenvalue weighted by Gasteiger charge is -2.06. The van der Waals surface area contributed by atoms with E-state index in [9.17, 15) is 9.59 Å². The molecular formula is C14H21NO4S. The maximum atomic E-state index is 11.5. The molecule has 5 nitrogen and oxygen atoms in total. The van der Waals surface area contributed by atoms with Gasteiger partial charge < -0.3 is 15.2 Å². The third-order valence-corrected chi connectivity index (χ3v) is 4.10. The van der Waals surface area contributed by atoms with Crippen molar-refractivity contribution in [2.75, 3.05) is 13.2 Å². The molecule has 112 valence electrons. The maximum absolute atomic E-state index is 11.5. The predicted molar refractivity (Wildman–Crippen MR) is 78.8 cm³/mol. The Labute approximate surface area is 123 Å². The van der Waals surface area contributed by atoms with Crippen molar-refractivity contribution in [2.24, 2.45) is 0 Å². The number of carboxylic acids is 1. The van der Waals surface area contributed by atoms with Gasteiger partial charge in [-0.3, -0.25) is 4.79 Å². The lowest BCUT2D eigenvalue weighted by molar-refractivity contribution is -0.123. The van der Waals surface area contributed by atoms with Crippen LogP contribution in [0.3, 0.4) is 0 Å². The van der Waals surface area contributed by atoms with Gasteiger partial charge in [0.25, 0.3) is 5.91 Å². The second kappa shape index (κ2) is 7.89. The van der Waals surface area contributed by atoms with E-state index in [2.05, 4.69) is 5.32 Å². The Morgan fingerprint density at radius 2 is 2.15 bits per heavy atom. The van der Waals surface area contributed by atoms with Crippen molar-refractivity contribution in [1.82, 2.24) is 5.32 Å². The molecule has 0 saturated carbocycles. The third-order valence-electron chi connectivity index (χ3n) is 2.69. The first-order valence-electron chi connectivity index (χ1n) is 6.72. The van der Waals surface area contributed by atoms with Crippen molar-refractivity contribution in [1.29, 1.82) is 0 Å². The van der Waals surface area contributed by atoms with Crippen molar-refractivity contribution in [2.45, 2.75) is 39.5 Å². The van der Waals surface area contributed by atoms with Crippen LogP contribution in [-0.4, -0.2) is 30.1 Å². The normalized spacial score (nSPS) is 10.6. The molecule has 0 aliphatic carbocycles. The number of thiophene rings is 1. The van der Waals surface area contributed by atoms with Crippen LogP contribution in [0.5, 0.6) is 5.75 Å². The molecule has 20 heavy (non-hydrogen) atoms. The molecule has 0 atom stereocenters. The molecule has 1 aromatic heterocycles. The number of carbonyl (C=O) groups is 2. The van der Waals surface area contributed by atoms with Gasteiger partial charge in [-0.25, -0.2) is 4.79 Å². The average molecular weight is 299 g/mol. The van der Waals surface area contributed by atoms with Gasteiger partial charge in [-0.05, 0) is 18.4 Å². The van der Waals surface area contributed by atoms with Crippen LogP contribution < -0.4 is 10.1 Å². The van der Waals surface area contributed by atoms with Crippen molar-refractivity contribution >= 4 is 23.2 Å². The van der Waals surface area contributed by atoms with Crippen molar-refractivity contribution in [3.05, 3.63) is 15.8 Å². The summed E-state index contributed by atoms with van der Waals surface area (Å²) in [7, 11) is 0. The summed E-state index contributed by atoms with van der Waals surface area (Å²) in [5.74, 6) is -0.749. The van der Waals surface area contributed by atoms with Gasteiger partial charge in [-0.1, -0.05) is 27.2 Å². The Morgan fingerprint density at radius 3 is 2.70 bits per heavy atom. The molecule has 0 aliphatic heterocycles. The summed E-state index contributed by atoms with van der Waals surface area (Å²) in [5.41, 5.74) is 0. The molecule has 0 unspecified atom stereocenters. The fourth-order valence-electron chi connectivity index (χ4n) is 1.53. The van der Waals surface area contributed by atoms with Gasteiger partial charge in [0.2, 0.25) is 0 Å². The highest BCUT2D eigenvalue weighted by Gasteiger charge is 2.19. The van der Waals surface area contributed by atoms with Crippen LogP contribution in [0.4, 0.5) is 0 Å². The lowest BCUT2D eigenvalue weighted by atomic mass is 10.2. The minimum Gasteiger partial charge on any atom is -0.482 e. The van der Waals surface area contributed by atoms with E-state index in [1.165, 1.54) is 11.3 Å². The van der Waals surface area contributed by atoms with Crippen LogP contribution in [-0.2, 0) is 4.79 Å². The van der Waals surface area contributed by atoms with Gasteiger partial charge in [-0.15, -0.1) is 11.3 Å². The minimum atomic E-state index is -1.02. The monoisotopic (exact) mass is 299 g/mol. The maximum Gasteiger partial charge on any atom is 0.349 e. The second-order valence-electron chi connectivity index (χ2n) is 4.79. The van der Waals surface area contributed by atoms with Gasteiger partial charge in [0.1, 0.15) is 5.75 Å². The van der Waals surface area contributed by atoms with Crippen LogP contribution in [0, 0.1) is 0 Å². The lowest BCUT2D eigenvalue weighted by Crippen LogP contribution is -2.29. The van der Waals surface area contributed by atoms with E-state index in [4.69, 9.17) is 9.84 Å². The van der Waals surface area contributed by atoms with Crippen LogP contribution in [0.1, 0.15) is 54.1 Å². The van der Waals surface area contributed by atoms with Crippen LogP contribution in [0.2, 0.25) is 0 Å². The average Bonchev–Trinajstić information content (AvgIpc) is 2.81. The first-order valence-corrected chi connectivity index (χ1v) is 7.53. The number of hydrogen-bond donors (Lipinski definition) is 2. The summed E-state index contributed by atoms with van der Waals surface area (Å²) in [6.07, 6.45) is 1.93. The molecule has 0 spiro atoms. The van der Waals surface area contributed by atoms with E-state index in [1.807, 2.05) is 20.8 Å². The van der Waals surface area contributed by atoms with Crippen molar-refractivity contribution < 1.29 is 19.4 Å². The Bertz CT molecular complexity index is 468. The first-order chi connectivity index (χ1) is 9.45. The molecule has 6 heteroatoms. The summed E-state index contributed by atoms with van der Waals surface area (Å²) in [6, 6.07) is 1.71. The second-order valence-corrected chi connectivity index (χ2v) is 5.88. The molecule has 1 rings (SSSR count). The van der Waals surface area contributed by atoms with Crippen LogP contribution in [0.25, 0.3) is 0 Å². The third kappa shape index (κ3) is 4.85. The molecule has 1 aromatic rings. The number of aromatic carboxylic acids is 1. The number of ether oxygens (including phenoxy) is 1. The standard InChI is InChI=1S/C14H21NO4S/c1-4-5-6-15-12(16)8-19-10-7-11(9(2)3)20-13(10)14(17)18/h7,9H,4-6,8H2,1-3H3,(H,15,16)(H,17,18). The minimum absolute atomic E-state index is 0.148. The highest BCUT2D eigenvalue weighted by Crippen LogP contribution is 2.33. The Kier molecular flexibility index (Phi) is 6.51. The first kappa shape index (κ1) is 16.5. The highest BCUT2D eigenvalue weighted by molar-refractivity contribution is 7.14. The largest absolute Gasteiger partial charge is 0.482 e. The summed E-state index contributed by atoms with van der Waals surface area (Å²) in [5, 5.41) is 11.9. The molecule has 1 amide bonds. The number of unbranched alkanes of at least 4 members (excludes halogenated alkanes) is 1. The molecule has 0 fully saturated rings. The van der Waals surface area contributed by atoms with Crippen molar-refractivity contribution in [3.8, 4) is 5.75 Å². The van der Waals surface area contributed by atoms with Crippen LogP contribution >= 0.6 is 11.3 Å². The Balaban J connectivity index is 2.62. The topological polar surface area (TPSA) is 75.6 Å². The fourth-order valence-corrected chi connectivity index (χ4v) is 2.48. The van der Waals surface area contributed by atoms with E-state index >= 15 is 0 Å². The van der Waals surface area contributed by atoms with E-state index in [-0.39, 0.29) is 29.1 Å². The Hall–Kier alpha value is -1.56. The summed E-state index contributed by atoms with van der Waals surface area (Å²) in [4.78, 5) is 23.8. The van der Waals surface area contributed by atoms with Gasteiger partial charge >= 0.3 is 5.97 Å². The number of amides is 1. The van der Waals surface area contributed by atoms with Gasteiger partial charge in [-0.2, -0.15) is 0 Å². The van der Waals surface area contributed by atoms with E-state index in [0.717, 1.165) is 17.7 Å². The number of nitrogens with one attached hydrogen (secondary N) is 1. The molecule has 1 heterocycles. The quantitative estimate of drug-likeness (QED) is 0.724. The molecular weight excluding hydrogens is 278 g/mol. The summed E-state index contributed by atoms with van der Waals surface area (Å²) >= 11 is 1.19. The fraction of sp³-hybridized carbons (Fsp3) is 0.571. The number of rotatable bonds is 8. The van der Waals surface area contributed by atoms with E-state index in [0.29, 0.717) is 6.54 Å². The predicted octanol–water partition coefficient (Wildman–Crippen LogP) is 2.86. The molecule has 2 N–H and O–H groups in total. The van der Waals surface area contributed by atoms with Gasteiger partial charge in [0, 0.05) is 11.4 Å². The zero-order chi connectivity index (χ0) is 15.1. The number of hydrogen-bond acceptors (Lipinski definition) is 4. The zero-order valence-electron chi connectivity index (χ0n) is 12.1. The van der Waals surface area contributed by atoms with Gasteiger partial charge in [0.05, 0.1) is 0 Å². The summed E-state index contributed by atoms with van der Waals surface area (Å²) in [6.45, 7) is 6.47. The Morgan fingerprint density at radius 1 is 1.45 bits per heavy atom. The smallest absolute Gasteiger partial charge is 0.349 e. The van der Waals surface area contributed by atoms with Crippen LogP contribution in [0.15, 0.2) is 6.07 Å². The number of carboxylic acid groups (broad SMARTS) is 1. The van der Waals surface area contributed by atoms with Crippen molar-refractivity contribution in [3.63, 3.8) is 0 Å². The highest BCUT2D eigenvalue weighted by atomic mass is 32.1. The number of carbonyl (C=O) groups excluding carboxylic acids is 1. The van der Waals surface area contributed by atoms with Gasteiger partial charge in [0.15, 0.2) is 11.5 Å². The molecule has 0 radical (unpaired) electrons. The van der Waals surface area contributed by atoms with E-state index < -0.39 is 5.97 Å². The molecule has 0 saturated heterocycles. The van der Waals surface area contributed by atoms with E-state index in [1.54, 1.807) is 6.07 Å². The summed E-state index contributed by atoms with van der Waals surface area (Å²) < 4.78 is 5.34. The molecule has 0 aromatic carbocycles.